The number of rotatable bonds is 6. The molecule has 0 spiro atoms. The van der Waals surface area contributed by atoms with Crippen LogP contribution in [-0.2, 0) is 9.59 Å². The molecule has 0 radical (unpaired) electrons. The predicted molar refractivity (Wildman–Crippen MR) is 106 cm³/mol. The second-order valence-corrected chi connectivity index (χ2v) is 7.15. The molecule has 0 aliphatic heterocycles. The minimum absolute atomic E-state index is 0.0953. The number of amides is 2. The third-order valence-electron chi connectivity index (χ3n) is 3.47. The number of anilines is 1. The van der Waals surface area contributed by atoms with Crippen LogP contribution in [0.5, 0.6) is 0 Å². The Morgan fingerprint density at radius 2 is 1.81 bits per heavy atom. The summed E-state index contributed by atoms with van der Waals surface area (Å²) in [5.74, 6) is -0.377. The lowest BCUT2D eigenvalue weighted by Gasteiger charge is -2.08. The lowest BCUT2D eigenvalue weighted by molar-refractivity contribution is -0.122. The molecule has 8 heteroatoms. The number of para-hydroxylation sites is 1. The maximum Gasteiger partial charge on any atom is 0.243 e. The molecule has 2 aromatic carbocycles. The van der Waals surface area contributed by atoms with Gasteiger partial charge >= 0.3 is 0 Å². The standard InChI is InChI=1S/C18H15BrN4O2S/c19-14-7-3-4-8-15(14)22-16(24)10-20-17(25)11-26-18-13-6-2-1-5-12(13)9-21-23-18/h1-9H,10-11H2,(H,20,25)(H,22,24). The third kappa shape index (κ3) is 4.80. The second-order valence-electron chi connectivity index (χ2n) is 5.33. The van der Waals surface area contributed by atoms with Crippen molar-refractivity contribution in [3.05, 3.63) is 59.2 Å². The van der Waals surface area contributed by atoms with Gasteiger partial charge in [-0.25, -0.2) is 0 Å². The van der Waals surface area contributed by atoms with Gasteiger partial charge in [-0.05, 0) is 28.1 Å². The average molecular weight is 431 g/mol. The largest absolute Gasteiger partial charge is 0.346 e. The van der Waals surface area contributed by atoms with Crippen LogP contribution < -0.4 is 10.6 Å². The highest BCUT2D eigenvalue weighted by Crippen LogP contribution is 2.24. The number of carbonyl (C=O) groups excluding carboxylic acids is 2. The van der Waals surface area contributed by atoms with Crippen LogP contribution in [-0.4, -0.2) is 34.3 Å². The van der Waals surface area contributed by atoms with Crippen LogP contribution >= 0.6 is 27.7 Å². The number of aromatic nitrogens is 2. The minimum Gasteiger partial charge on any atom is -0.346 e. The van der Waals surface area contributed by atoms with Crippen molar-refractivity contribution < 1.29 is 9.59 Å². The number of hydrogen-bond acceptors (Lipinski definition) is 5. The van der Waals surface area contributed by atoms with Gasteiger partial charge in [0.2, 0.25) is 11.8 Å². The summed E-state index contributed by atoms with van der Waals surface area (Å²) in [5, 5.41) is 16.0. The Balaban J connectivity index is 1.50. The van der Waals surface area contributed by atoms with Gasteiger partial charge in [0.1, 0.15) is 5.03 Å². The van der Waals surface area contributed by atoms with E-state index in [1.807, 2.05) is 42.5 Å². The maximum atomic E-state index is 12.0. The van der Waals surface area contributed by atoms with E-state index in [1.54, 1.807) is 12.3 Å². The topological polar surface area (TPSA) is 84.0 Å². The van der Waals surface area contributed by atoms with E-state index < -0.39 is 0 Å². The Morgan fingerprint density at radius 3 is 2.65 bits per heavy atom. The fourth-order valence-electron chi connectivity index (χ4n) is 2.23. The van der Waals surface area contributed by atoms with E-state index in [1.165, 1.54) is 11.8 Å². The number of nitrogens with one attached hydrogen (secondary N) is 2. The summed E-state index contributed by atoms with van der Waals surface area (Å²) in [7, 11) is 0. The smallest absolute Gasteiger partial charge is 0.243 e. The molecule has 1 aromatic heterocycles. The molecule has 1 heterocycles. The molecular formula is C18H15BrN4O2S. The number of fused-ring (bicyclic) bond motifs is 1. The van der Waals surface area contributed by atoms with Crippen molar-refractivity contribution in [3.8, 4) is 0 Å². The summed E-state index contributed by atoms with van der Waals surface area (Å²) in [6.07, 6.45) is 1.69. The van der Waals surface area contributed by atoms with Crippen molar-refractivity contribution in [2.75, 3.05) is 17.6 Å². The molecule has 2 N–H and O–H groups in total. The van der Waals surface area contributed by atoms with E-state index in [4.69, 9.17) is 0 Å². The third-order valence-corrected chi connectivity index (χ3v) is 5.14. The molecule has 0 saturated heterocycles. The van der Waals surface area contributed by atoms with Crippen LogP contribution in [0.25, 0.3) is 10.8 Å². The number of benzene rings is 2. The van der Waals surface area contributed by atoms with E-state index in [2.05, 4.69) is 36.8 Å². The van der Waals surface area contributed by atoms with Gasteiger partial charge in [-0.2, -0.15) is 5.10 Å². The van der Waals surface area contributed by atoms with Gasteiger partial charge in [0.05, 0.1) is 24.2 Å². The first kappa shape index (κ1) is 18.3. The van der Waals surface area contributed by atoms with Crippen LogP contribution in [0, 0.1) is 0 Å². The van der Waals surface area contributed by atoms with Crippen molar-refractivity contribution in [3.63, 3.8) is 0 Å². The van der Waals surface area contributed by atoms with Crippen LogP contribution in [0.1, 0.15) is 0 Å². The number of hydrogen-bond donors (Lipinski definition) is 2. The highest BCUT2D eigenvalue weighted by Gasteiger charge is 2.10. The zero-order valence-corrected chi connectivity index (χ0v) is 16.0. The molecule has 0 atom stereocenters. The molecule has 0 saturated carbocycles. The van der Waals surface area contributed by atoms with Crippen molar-refractivity contribution in [2.24, 2.45) is 0 Å². The first-order chi connectivity index (χ1) is 12.6. The summed E-state index contributed by atoms with van der Waals surface area (Å²) in [6, 6.07) is 15.0. The molecule has 132 valence electrons. The Bertz CT molecular complexity index is 946. The summed E-state index contributed by atoms with van der Waals surface area (Å²) < 4.78 is 0.782. The van der Waals surface area contributed by atoms with Crippen LogP contribution in [0.2, 0.25) is 0 Å². The molecule has 3 rings (SSSR count). The summed E-state index contributed by atoms with van der Waals surface area (Å²) in [6.45, 7) is -0.0953. The van der Waals surface area contributed by atoms with Crippen molar-refractivity contribution >= 4 is 56.0 Å². The minimum atomic E-state index is -0.291. The highest BCUT2D eigenvalue weighted by atomic mass is 79.9. The lowest BCUT2D eigenvalue weighted by Crippen LogP contribution is -2.34. The molecule has 0 unspecified atom stereocenters. The first-order valence-electron chi connectivity index (χ1n) is 7.78. The molecule has 2 amide bonds. The van der Waals surface area contributed by atoms with Gasteiger partial charge in [-0.1, -0.05) is 48.2 Å². The van der Waals surface area contributed by atoms with E-state index >= 15 is 0 Å². The normalized spacial score (nSPS) is 10.5. The monoisotopic (exact) mass is 430 g/mol. The Labute approximate surface area is 162 Å². The molecule has 6 nitrogen and oxygen atoms in total. The zero-order chi connectivity index (χ0) is 18.4. The summed E-state index contributed by atoms with van der Waals surface area (Å²) in [5.41, 5.74) is 0.659. The van der Waals surface area contributed by atoms with E-state index in [0.29, 0.717) is 10.7 Å². The predicted octanol–water partition coefficient (Wildman–Crippen LogP) is 3.24. The van der Waals surface area contributed by atoms with Crippen LogP contribution in [0.4, 0.5) is 5.69 Å². The van der Waals surface area contributed by atoms with Crippen molar-refractivity contribution in [2.45, 2.75) is 5.03 Å². The molecule has 0 aliphatic rings. The number of thioether (sulfide) groups is 1. The first-order valence-corrected chi connectivity index (χ1v) is 9.55. The van der Waals surface area contributed by atoms with E-state index in [9.17, 15) is 9.59 Å². The molecular weight excluding hydrogens is 416 g/mol. The Morgan fingerprint density at radius 1 is 1.04 bits per heavy atom. The fraction of sp³-hybridized carbons (Fsp3) is 0.111. The number of halogens is 1. The summed E-state index contributed by atoms with van der Waals surface area (Å²) in [4.78, 5) is 23.9. The highest BCUT2D eigenvalue weighted by molar-refractivity contribution is 9.10. The van der Waals surface area contributed by atoms with Gasteiger partial charge in [0.15, 0.2) is 0 Å². The van der Waals surface area contributed by atoms with Gasteiger partial charge in [-0.3, -0.25) is 9.59 Å². The van der Waals surface area contributed by atoms with Gasteiger partial charge in [-0.15, -0.1) is 5.10 Å². The Kier molecular flexibility index (Phi) is 6.19. The second kappa shape index (κ2) is 8.77. The SMILES string of the molecule is O=C(CSc1nncc2ccccc12)NCC(=O)Nc1ccccc1Br. The lowest BCUT2D eigenvalue weighted by atomic mass is 10.2. The van der Waals surface area contributed by atoms with Gasteiger partial charge < -0.3 is 10.6 Å². The number of nitrogens with zero attached hydrogens (tertiary/aromatic N) is 2. The molecule has 0 bridgehead atoms. The van der Waals surface area contributed by atoms with Gasteiger partial charge in [0.25, 0.3) is 0 Å². The van der Waals surface area contributed by atoms with Crippen LogP contribution in [0.15, 0.2) is 64.2 Å². The van der Waals surface area contributed by atoms with Crippen LogP contribution in [0.3, 0.4) is 0 Å². The van der Waals surface area contributed by atoms with Gasteiger partial charge in [0, 0.05) is 15.2 Å². The molecule has 3 aromatic rings. The van der Waals surface area contributed by atoms with E-state index in [0.717, 1.165) is 15.2 Å². The molecule has 0 aliphatic carbocycles. The molecule has 26 heavy (non-hydrogen) atoms. The zero-order valence-electron chi connectivity index (χ0n) is 13.6. The number of carbonyl (C=O) groups is 2. The summed E-state index contributed by atoms with van der Waals surface area (Å²) >= 11 is 4.65. The maximum absolute atomic E-state index is 12.0. The average Bonchev–Trinajstić information content (AvgIpc) is 2.66. The van der Waals surface area contributed by atoms with E-state index in [-0.39, 0.29) is 24.1 Å². The quantitative estimate of drug-likeness (QED) is 0.586. The molecule has 0 fully saturated rings. The fourth-order valence-corrected chi connectivity index (χ4v) is 3.43. The van der Waals surface area contributed by atoms with Crippen molar-refractivity contribution in [1.82, 2.24) is 15.5 Å². The Hall–Kier alpha value is -2.45. The van der Waals surface area contributed by atoms with Crippen molar-refractivity contribution in [1.29, 1.82) is 0 Å².